The summed E-state index contributed by atoms with van der Waals surface area (Å²) in [6.45, 7) is 7.16. The Bertz CT molecular complexity index is 884. The number of aromatic nitrogens is 3. The summed E-state index contributed by atoms with van der Waals surface area (Å²) in [5.41, 5.74) is 2.41. The maximum Gasteiger partial charge on any atom is 0.191 e. The number of rotatable bonds is 6. The van der Waals surface area contributed by atoms with Gasteiger partial charge in [-0.25, -0.2) is 0 Å². The van der Waals surface area contributed by atoms with Crippen LogP contribution in [0.1, 0.15) is 38.5 Å². The molecule has 0 aliphatic carbocycles. The molecule has 1 aromatic carbocycles. The number of nitriles is 1. The van der Waals surface area contributed by atoms with E-state index < -0.39 is 0 Å². The maximum absolute atomic E-state index is 8.77. The average molecular weight is 366 g/mol. The number of benzene rings is 1. The highest BCUT2D eigenvalue weighted by Gasteiger charge is 2.17. The second-order valence-corrected chi connectivity index (χ2v) is 8.12. The van der Waals surface area contributed by atoms with Crippen LogP contribution >= 0.6 is 11.8 Å². The first-order chi connectivity index (χ1) is 12.5. The van der Waals surface area contributed by atoms with Crippen molar-refractivity contribution >= 4 is 11.8 Å². The highest BCUT2D eigenvalue weighted by atomic mass is 32.2. The van der Waals surface area contributed by atoms with Crippen LogP contribution in [0.4, 0.5) is 0 Å². The van der Waals surface area contributed by atoms with Crippen molar-refractivity contribution < 1.29 is 4.42 Å². The molecular formula is C20H22N4OS. The van der Waals surface area contributed by atoms with Gasteiger partial charge >= 0.3 is 0 Å². The van der Waals surface area contributed by atoms with Crippen molar-refractivity contribution in [2.45, 2.75) is 44.3 Å². The second-order valence-electron chi connectivity index (χ2n) is 7.06. The van der Waals surface area contributed by atoms with Gasteiger partial charge in [-0.15, -0.1) is 10.2 Å². The lowest BCUT2D eigenvalue weighted by Crippen LogP contribution is -2.10. The van der Waals surface area contributed by atoms with Crippen molar-refractivity contribution in [1.82, 2.24) is 14.8 Å². The minimum absolute atomic E-state index is 0.110. The summed E-state index contributed by atoms with van der Waals surface area (Å²) >= 11 is 1.54. The largest absolute Gasteiger partial charge is 0.467 e. The van der Waals surface area contributed by atoms with E-state index in [0.717, 1.165) is 22.3 Å². The van der Waals surface area contributed by atoms with Crippen molar-refractivity contribution in [3.05, 3.63) is 54.0 Å². The lowest BCUT2D eigenvalue weighted by atomic mass is 9.87. The molecule has 0 unspecified atom stereocenters. The van der Waals surface area contributed by atoms with Crippen molar-refractivity contribution in [1.29, 1.82) is 5.26 Å². The molecule has 0 fully saturated rings. The van der Waals surface area contributed by atoms with Gasteiger partial charge in [-0.2, -0.15) is 5.26 Å². The van der Waals surface area contributed by atoms with E-state index in [1.807, 2.05) is 16.7 Å². The van der Waals surface area contributed by atoms with E-state index in [2.05, 4.69) is 61.3 Å². The van der Waals surface area contributed by atoms with Gasteiger partial charge in [-0.1, -0.05) is 56.8 Å². The van der Waals surface area contributed by atoms with Crippen LogP contribution in [-0.2, 0) is 12.0 Å². The van der Waals surface area contributed by atoms with E-state index in [1.165, 1.54) is 5.56 Å². The highest BCUT2D eigenvalue weighted by Crippen LogP contribution is 2.28. The highest BCUT2D eigenvalue weighted by molar-refractivity contribution is 7.99. The summed E-state index contributed by atoms with van der Waals surface area (Å²) in [4.78, 5) is 0. The number of thioether (sulfide) groups is 1. The molecule has 3 rings (SSSR count). The quantitative estimate of drug-likeness (QED) is 0.459. The van der Waals surface area contributed by atoms with Gasteiger partial charge in [0, 0.05) is 17.7 Å². The van der Waals surface area contributed by atoms with Crippen molar-refractivity contribution in [2.24, 2.45) is 0 Å². The molecule has 6 heteroatoms. The topological polar surface area (TPSA) is 67.6 Å². The lowest BCUT2D eigenvalue weighted by molar-refractivity contribution is 0.485. The fourth-order valence-electron chi connectivity index (χ4n) is 2.62. The minimum Gasteiger partial charge on any atom is -0.467 e. The molecule has 0 spiro atoms. The first kappa shape index (κ1) is 18.3. The smallest absolute Gasteiger partial charge is 0.191 e. The third kappa shape index (κ3) is 4.17. The van der Waals surface area contributed by atoms with Crippen molar-refractivity contribution in [3.63, 3.8) is 0 Å². The second kappa shape index (κ2) is 7.79. The molecule has 0 aliphatic heterocycles. The fraction of sp³-hybridized carbons (Fsp3) is 0.350. The summed E-state index contributed by atoms with van der Waals surface area (Å²) < 4.78 is 7.55. The Kier molecular flexibility index (Phi) is 5.48. The number of hydrogen-bond acceptors (Lipinski definition) is 5. The van der Waals surface area contributed by atoms with Crippen molar-refractivity contribution in [2.75, 3.05) is 5.75 Å². The van der Waals surface area contributed by atoms with E-state index in [1.54, 1.807) is 18.0 Å². The van der Waals surface area contributed by atoms with Crippen LogP contribution in [0.15, 0.2) is 52.2 Å². The van der Waals surface area contributed by atoms with E-state index in [0.29, 0.717) is 18.7 Å². The van der Waals surface area contributed by atoms with Crippen LogP contribution in [0.3, 0.4) is 0 Å². The average Bonchev–Trinajstić information content (AvgIpc) is 3.26. The molecule has 0 amide bonds. The van der Waals surface area contributed by atoms with E-state index >= 15 is 0 Å². The molecular weight excluding hydrogens is 344 g/mol. The predicted octanol–water partition coefficient (Wildman–Crippen LogP) is 4.89. The number of furan rings is 1. The van der Waals surface area contributed by atoms with Crippen molar-refractivity contribution in [3.8, 4) is 17.5 Å². The van der Waals surface area contributed by atoms with Crippen LogP contribution in [0.25, 0.3) is 11.4 Å². The third-order valence-electron chi connectivity index (χ3n) is 4.07. The molecule has 0 saturated heterocycles. The van der Waals surface area contributed by atoms with Gasteiger partial charge in [0.2, 0.25) is 0 Å². The molecule has 0 saturated carbocycles. The van der Waals surface area contributed by atoms with Crippen LogP contribution in [0.5, 0.6) is 0 Å². The predicted molar refractivity (Wildman–Crippen MR) is 103 cm³/mol. The first-order valence-corrected chi connectivity index (χ1v) is 9.54. The van der Waals surface area contributed by atoms with Gasteiger partial charge in [0.1, 0.15) is 5.76 Å². The summed E-state index contributed by atoms with van der Waals surface area (Å²) in [6.07, 6.45) is 2.15. The zero-order valence-corrected chi connectivity index (χ0v) is 16.1. The standard InChI is InChI=1S/C20H22N4OS/c1-20(2,3)16-9-7-15(8-10-16)18-22-23-19(26-13-5-11-21)24(18)14-17-6-4-12-25-17/h4,6-10,12H,5,13-14H2,1-3H3. The van der Waals surface area contributed by atoms with Crippen LogP contribution in [0.2, 0.25) is 0 Å². The molecule has 26 heavy (non-hydrogen) atoms. The summed E-state index contributed by atoms with van der Waals surface area (Å²) in [6, 6.07) is 14.4. The molecule has 3 aromatic rings. The van der Waals surface area contributed by atoms with E-state index in [9.17, 15) is 0 Å². The van der Waals surface area contributed by atoms with Gasteiger partial charge in [0.25, 0.3) is 0 Å². The lowest BCUT2D eigenvalue weighted by Gasteiger charge is -2.19. The molecule has 2 heterocycles. The van der Waals surface area contributed by atoms with E-state index in [-0.39, 0.29) is 5.41 Å². The van der Waals surface area contributed by atoms with E-state index in [4.69, 9.17) is 9.68 Å². The maximum atomic E-state index is 8.77. The van der Waals surface area contributed by atoms with Crippen LogP contribution < -0.4 is 0 Å². The summed E-state index contributed by atoms with van der Waals surface area (Å²) in [5.74, 6) is 2.34. The monoisotopic (exact) mass is 366 g/mol. The van der Waals surface area contributed by atoms with Gasteiger partial charge in [-0.05, 0) is 23.1 Å². The van der Waals surface area contributed by atoms with Gasteiger partial charge < -0.3 is 4.42 Å². The Balaban J connectivity index is 1.94. The van der Waals surface area contributed by atoms with Crippen LogP contribution in [-0.4, -0.2) is 20.5 Å². The Hall–Kier alpha value is -2.52. The minimum atomic E-state index is 0.110. The number of nitrogens with zero attached hydrogens (tertiary/aromatic N) is 4. The summed E-state index contributed by atoms with van der Waals surface area (Å²) in [7, 11) is 0. The molecule has 5 nitrogen and oxygen atoms in total. The fourth-order valence-corrected chi connectivity index (χ4v) is 3.40. The Morgan fingerprint density at radius 3 is 2.54 bits per heavy atom. The Labute approximate surface area is 158 Å². The van der Waals surface area contributed by atoms with Gasteiger partial charge in [-0.3, -0.25) is 4.57 Å². The molecule has 0 aliphatic rings. The zero-order chi connectivity index (χ0) is 18.6. The summed E-state index contributed by atoms with van der Waals surface area (Å²) in [5, 5.41) is 18.3. The molecule has 0 N–H and O–H groups in total. The third-order valence-corrected chi connectivity index (χ3v) is 5.03. The first-order valence-electron chi connectivity index (χ1n) is 8.55. The van der Waals surface area contributed by atoms with Gasteiger partial charge in [0.15, 0.2) is 11.0 Å². The molecule has 0 radical (unpaired) electrons. The number of hydrogen-bond donors (Lipinski definition) is 0. The molecule has 134 valence electrons. The Morgan fingerprint density at radius 1 is 1.15 bits per heavy atom. The van der Waals surface area contributed by atoms with Gasteiger partial charge in [0.05, 0.1) is 18.9 Å². The molecule has 0 atom stereocenters. The molecule has 2 aromatic heterocycles. The normalized spacial score (nSPS) is 11.5. The Morgan fingerprint density at radius 2 is 1.92 bits per heavy atom. The molecule has 0 bridgehead atoms. The zero-order valence-electron chi connectivity index (χ0n) is 15.3. The SMILES string of the molecule is CC(C)(C)c1ccc(-c2nnc(SCCC#N)n2Cc2ccco2)cc1. The van der Waals surface area contributed by atoms with Crippen LogP contribution in [0, 0.1) is 11.3 Å².